The van der Waals surface area contributed by atoms with Crippen molar-refractivity contribution in [3.8, 4) is 0 Å². The minimum Gasteiger partial charge on any atom is -0.305 e. The normalized spacial score (nSPS) is 12.0. The van der Waals surface area contributed by atoms with Crippen LogP contribution in [-0.4, -0.2) is 4.99 Å². The first kappa shape index (κ1) is 7.27. The molecule has 0 aromatic heterocycles. The van der Waals surface area contributed by atoms with E-state index in [1.165, 1.54) is 0 Å². The molecule has 3 heteroatoms. The highest BCUT2D eigenvalue weighted by atomic mass is 32.1. The van der Waals surface area contributed by atoms with E-state index in [-0.39, 0.29) is 0 Å². The van der Waals surface area contributed by atoms with E-state index >= 15 is 0 Å². The number of hydrogen-bond donors (Lipinski definition) is 3. The number of nitrogens with two attached hydrogens (primary N) is 2. The van der Waals surface area contributed by atoms with Crippen molar-refractivity contribution in [1.82, 2.24) is 0 Å². The Balaban J connectivity index is 3.15. The van der Waals surface area contributed by atoms with Gasteiger partial charge >= 0.3 is 0 Å². The van der Waals surface area contributed by atoms with Crippen molar-refractivity contribution in [2.75, 3.05) is 0 Å². The molecule has 0 aliphatic rings. The van der Waals surface area contributed by atoms with Gasteiger partial charge in [-0.3, -0.25) is 0 Å². The Labute approximate surface area is 49.7 Å². The van der Waals surface area contributed by atoms with Crippen LogP contribution in [0.4, 0.5) is 0 Å². The molecule has 0 unspecified atom stereocenters. The van der Waals surface area contributed by atoms with Crippen molar-refractivity contribution in [3.63, 3.8) is 0 Å². The third-order valence-electron chi connectivity index (χ3n) is 0.650. The largest absolute Gasteiger partial charge is 0.305 e. The molecule has 0 rings (SSSR count). The molecule has 44 valence electrons. The van der Waals surface area contributed by atoms with Gasteiger partial charge in [-0.05, 0) is 6.42 Å². The van der Waals surface area contributed by atoms with Gasteiger partial charge in [0.25, 0.3) is 0 Å². The first-order valence-corrected chi connectivity index (χ1v) is 2.81. The van der Waals surface area contributed by atoms with E-state index in [0.717, 1.165) is 12.8 Å². The summed E-state index contributed by atoms with van der Waals surface area (Å²) in [4.78, 5) is -0.755. The molecule has 7 heavy (non-hydrogen) atoms. The monoisotopic (exact) mass is 120 g/mol. The second-order valence-electron chi connectivity index (χ2n) is 1.74. The SMILES string of the molecule is CCCC(N)(N)S. The molecule has 0 bridgehead atoms. The van der Waals surface area contributed by atoms with Crippen molar-refractivity contribution < 1.29 is 0 Å². The summed E-state index contributed by atoms with van der Waals surface area (Å²) in [6.07, 6.45) is 1.74. The minimum absolute atomic E-state index is 0.755. The van der Waals surface area contributed by atoms with Crippen LogP contribution in [0, 0.1) is 0 Å². The summed E-state index contributed by atoms with van der Waals surface area (Å²) < 4.78 is 0. The lowest BCUT2D eigenvalue weighted by atomic mass is 10.3. The van der Waals surface area contributed by atoms with E-state index in [1.807, 2.05) is 6.92 Å². The van der Waals surface area contributed by atoms with Crippen LogP contribution < -0.4 is 11.5 Å². The summed E-state index contributed by atoms with van der Waals surface area (Å²) in [5.74, 6) is 0. The summed E-state index contributed by atoms with van der Waals surface area (Å²) >= 11 is 3.89. The molecule has 0 radical (unpaired) electrons. The molecule has 2 nitrogen and oxygen atoms in total. The predicted octanol–water partition coefficient (Wildman–Crippen LogP) is 0.288. The summed E-state index contributed by atoms with van der Waals surface area (Å²) in [5.41, 5.74) is 10.6. The topological polar surface area (TPSA) is 52.0 Å². The molecule has 0 amide bonds. The van der Waals surface area contributed by atoms with Gasteiger partial charge in [-0.1, -0.05) is 13.3 Å². The van der Waals surface area contributed by atoms with E-state index in [0.29, 0.717) is 0 Å². The van der Waals surface area contributed by atoms with E-state index in [9.17, 15) is 0 Å². The van der Waals surface area contributed by atoms with Crippen molar-refractivity contribution in [2.24, 2.45) is 11.5 Å². The standard InChI is InChI=1S/C4H12N2S/c1-2-3-4(5,6)7/h7H,2-3,5-6H2,1H3. The maximum absolute atomic E-state index is 5.29. The van der Waals surface area contributed by atoms with Gasteiger partial charge < -0.3 is 11.5 Å². The van der Waals surface area contributed by atoms with Crippen molar-refractivity contribution >= 4 is 12.6 Å². The first-order chi connectivity index (χ1) is 3.06. The lowest BCUT2D eigenvalue weighted by Gasteiger charge is -2.14. The van der Waals surface area contributed by atoms with Gasteiger partial charge in [0.05, 0.1) is 0 Å². The van der Waals surface area contributed by atoms with Crippen LogP contribution in [-0.2, 0) is 0 Å². The number of hydrogen-bond acceptors (Lipinski definition) is 3. The maximum Gasteiger partial charge on any atom is 0.109 e. The van der Waals surface area contributed by atoms with E-state index in [4.69, 9.17) is 11.5 Å². The van der Waals surface area contributed by atoms with Crippen LogP contribution in [0.1, 0.15) is 19.8 Å². The first-order valence-electron chi connectivity index (χ1n) is 2.36. The zero-order chi connectivity index (χ0) is 5.91. The predicted molar refractivity (Wildman–Crippen MR) is 35.0 cm³/mol. The highest BCUT2D eigenvalue weighted by Crippen LogP contribution is 2.04. The highest BCUT2D eigenvalue weighted by Gasteiger charge is 2.08. The van der Waals surface area contributed by atoms with Crippen LogP contribution in [0.5, 0.6) is 0 Å². The fourth-order valence-electron chi connectivity index (χ4n) is 0.400. The summed E-state index contributed by atoms with van der Waals surface area (Å²) in [6.45, 7) is 2.02. The van der Waals surface area contributed by atoms with Gasteiger partial charge in [0.1, 0.15) is 4.99 Å². The van der Waals surface area contributed by atoms with Crippen molar-refractivity contribution in [1.29, 1.82) is 0 Å². The van der Waals surface area contributed by atoms with Gasteiger partial charge in [0, 0.05) is 0 Å². The van der Waals surface area contributed by atoms with E-state index in [2.05, 4.69) is 12.6 Å². The molecule has 0 aromatic carbocycles. The third kappa shape index (κ3) is 6.27. The molecular formula is C4H12N2S. The van der Waals surface area contributed by atoms with Crippen LogP contribution in [0.2, 0.25) is 0 Å². The molecule has 0 spiro atoms. The fraction of sp³-hybridized carbons (Fsp3) is 1.00. The van der Waals surface area contributed by atoms with Gasteiger partial charge in [0.2, 0.25) is 0 Å². The molecule has 0 aliphatic heterocycles. The Morgan fingerprint density at radius 3 is 2.00 bits per heavy atom. The molecule has 0 aliphatic carbocycles. The van der Waals surface area contributed by atoms with Crippen molar-refractivity contribution in [3.05, 3.63) is 0 Å². The average Bonchev–Trinajstić information content (AvgIpc) is 1.30. The molecule has 0 saturated carbocycles. The minimum atomic E-state index is -0.755. The lowest BCUT2D eigenvalue weighted by Crippen LogP contribution is -2.42. The Kier molecular flexibility index (Phi) is 2.64. The molecule has 0 saturated heterocycles. The Morgan fingerprint density at radius 1 is 1.57 bits per heavy atom. The van der Waals surface area contributed by atoms with Crippen LogP contribution in [0.3, 0.4) is 0 Å². The lowest BCUT2D eigenvalue weighted by molar-refractivity contribution is 0.579. The van der Waals surface area contributed by atoms with E-state index in [1.54, 1.807) is 0 Å². The molecule has 0 heterocycles. The summed E-state index contributed by atoms with van der Waals surface area (Å²) in [5, 5.41) is 0. The second kappa shape index (κ2) is 2.55. The summed E-state index contributed by atoms with van der Waals surface area (Å²) in [7, 11) is 0. The Morgan fingerprint density at radius 2 is 2.00 bits per heavy atom. The zero-order valence-electron chi connectivity index (χ0n) is 4.52. The van der Waals surface area contributed by atoms with Gasteiger partial charge in [-0.2, -0.15) is 0 Å². The van der Waals surface area contributed by atoms with Gasteiger partial charge in [-0.25, -0.2) is 0 Å². The van der Waals surface area contributed by atoms with Gasteiger partial charge in [-0.15, -0.1) is 12.6 Å². The molecule has 0 aromatic rings. The molecule has 0 atom stereocenters. The zero-order valence-corrected chi connectivity index (χ0v) is 5.41. The quantitative estimate of drug-likeness (QED) is 0.362. The maximum atomic E-state index is 5.29. The van der Waals surface area contributed by atoms with Crippen LogP contribution in [0.15, 0.2) is 0 Å². The average molecular weight is 120 g/mol. The summed E-state index contributed by atoms with van der Waals surface area (Å²) in [6, 6.07) is 0. The van der Waals surface area contributed by atoms with Crippen LogP contribution >= 0.6 is 12.6 Å². The Hall–Kier alpha value is 0.270. The molecular weight excluding hydrogens is 108 g/mol. The number of rotatable bonds is 2. The third-order valence-corrected chi connectivity index (χ3v) is 0.874. The Bertz CT molecular complexity index is 48.1. The van der Waals surface area contributed by atoms with Crippen LogP contribution in [0.25, 0.3) is 0 Å². The smallest absolute Gasteiger partial charge is 0.109 e. The van der Waals surface area contributed by atoms with Crippen molar-refractivity contribution in [2.45, 2.75) is 24.8 Å². The number of thiol groups is 1. The fourth-order valence-corrected chi connectivity index (χ4v) is 0.624. The molecule has 4 N–H and O–H groups in total. The second-order valence-corrected chi connectivity index (χ2v) is 2.57. The molecule has 0 fully saturated rings. The van der Waals surface area contributed by atoms with Gasteiger partial charge in [0.15, 0.2) is 0 Å². The van der Waals surface area contributed by atoms with E-state index < -0.39 is 4.99 Å². The highest BCUT2D eigenvalue weighted by molar-refractivity contribution is 7.81.